The molecule has 0 unspecified atom stereocenters. The van der Waals surface area contributed by atoms with Crippen LogP contribution in [0, 0.1) is 12.7 Å². The number of hydrogen-bond acceptors (Lipinski definition) is 4. The minimum absolute atomic E-state index is 0.00483. The van der Waals surface area contributed by atoms with Gasteiger partial charge in [0.05, 0.1) is 17.6 Å². The molecule has 0 bridgehead atoms. The Kier molecular flexibility index (Phi) is 8.17. The van der Waals surface area contributed by atoms with E-state index < -0.39 is 5.82 Å². The van der Waals surface area contributed by atoms with E-state index in [0.29, 0.717) is 26.1 Å². The molecule has 0 saturated carbocycles. The molecule has 1 saturated heterocycles. The molecular formula is C29H36FNO2S2. The smallest absolute Gasteiger partial charge is 0.263 e. The van der Waals surface area contributed by atoms with E-state index in [4.69, 9.17) is 17.0 Å². The maximum Gasteiger partial charge on any atom is 0.263 e. The van der Waals surface area contributed by atoms with Crippen molar-refractivity contribution in [2.24, 2.45) is 0 Å². The van der Waals surface area contributed by atoms with Crippen molar-refractivity contribution in [3.63, 3.8) is 0 Å². The molecule has 0 atom stereocenters. The van der Waals surface area contributed by atoms with Crippen molar-refractivity contribution in [1.29, 1.82) is 0 Å². The average Bonchev–Trinajstić information content (AvgIpc) is 3.10. The fraction of sp³-hybridized carbons (Fsp3) is 0.448. The zero-order valence-electron chi connectivity index (χ0n) is 22.0. The first kappa shape index (κ1) is 27.4. The number of carbonyl (C=O) groups excluding carboxylic acids is 1. The quantitative estimate of drug-likeness (QED) is 0.333. The Bertz CT molecular complexity index is 1200. The first-order chi connectivity index (χ1) is 16.4. The Morgan fingerprint density at radius 3 is 2.20 bits per heavy atom. The second-order valence-corrected chi connectivity index (χ2v) is 12.3. The van der Waals surface area contributed by atoms with Gasteiger partial charge in [-0.05, 0) is 77.1 Å². The summed E-state index contributed by atoms with van der Waals surface area (Å²) in [6, 6.07) is 7.76. The number of nitrogens with one attached hydrogen (secondary N) is 1. The Balaban J connectivity index is 0.00000108. The molecular weight excluding hydrogens is 477 g/mol. The molecule has 35 heavy (non-hydrogen) atoms. The summed E-state index contributed by atoms with van der Waals surface area (Å²) >= 11 is 6.20. The van der Waals surface area contributed by atoms with E-state index in [0.717, 1.165) is 35.7 Å². The molecule has 1 amide bonds. The average molecular weight is 514 g/mol. The van der Waals surface area contributed by atoms with Crippen LogP contribution < -0.4 is 10.1 Å². The third kappa shape index (κ3) is 5.49. The van der Waals surface area contributed by atoms with E-state index >= 15 is 4.39 Å². The Morgan fingerprint density at radius 1 is 1.11 bits per heavy atom. The summed E-state index contributed by atoms with van der Waals surface area (Å²) in [5.74, 6) is -0.232. The molecule has 1 fully saturated rings. The van der Waals surface area contributed by atoms with Crippen molar-refractivity contribution >= 4 is 40.3 Å². The summed E-state index contributed by atoms with van der Waals surface area (Å²) in [5, 5.41) is 2.58. The predicted molar refractivity (Wildman–Crippen MR) is 151 cm³/mol. The van der Waals surface area contributed by atoms with Crippen molar-refractivity contribution in [3.05, 3.63) is 57.2 Å². The molecule has 0 radical (unpaired) electrons. The first-order valence-corrected chi connectivity index (χ1v) is 13.4. The molecule has 1 heterocycles. The largest absolute Gasteiger partial charge is 0.496 e. The van der Waals surface area contributed by atoms with Crippen LogP contribution in [0.3, 0.4) is 0 Å². The van der Waals surface area contributed by atoms with Gasteiger partial charge in [-0.15, -0.1) is 0 Å². The first-order valence-electron chi connectivity index (χ1n) is 12.1. The fourth-order valence-corrected chi connectivity index (χ4v) is 5.70. The predicted octanol–water partition coefficient (Wildman–Crippen LogP) is 8.06. The highest BCUT2D eigenvalue weighted by atomic mass is 32.2. The van der Waals surface area contributed by atoms with Crippen LogP contribution >= 0.6 is 24.0 Å². The Labute approximate surface area is 218 Å². The van der Waals surface area contributed by atoms with E-state index in [2.05, 4.69) is 59.0 Å². The molecule has 2 aromatic rings. The zero-order valence-corrected chi connectivity index (χ0v) is 23.7. The van der Waals surface area contributed by atoms with Gasteiger partial charge in [-0.1, -0.05) is 78.0 Å². The number of benzene rings is 2. The summed E-state index contributed by atoms with van der Waals surface area (Å²) in [6.45, 7) is 15.3. The number of carbonyl (C=O) groups is 1. The minimum Gasteiger partial charge on any atom is -0.496 e. The summed E-state index contributed by atoms with van der Waals surface area (Å²) in [5.41, 5.74) is 5.26. The number of amides is 1. The third-order valence-corrected chi connectivity index (χ3v) is 7.91. The van der Waals surface area contributed by atoms with Gasteiger partial charge in [-0.25, -0.2) is 4.39 Å². The van der Waals surface area contributed by atoms with Gasteiger partial charge in [0.2, 0.25) is 0 Å². The lowest BCUT2D eigenvalue weighted by Gasteiger charge is -2.42. The molecule has 2 aromatic carbocycles. The Hall–Kier alpha value is -2.18. The SMILES string of the molecule is CCC.COc1ccc(/C=C2\SC(=S)NC2=O)c(F)c1-c1cc2c(cc1C)C(C)(C)CCC2(C)C. The number of thiocarbonyl (C=S) groups is 1. The van der Waals surface area contributed by atoms with Gasteiger partial charge in [0, 0.05) is 5.56 Å². The maximum atomic E-state index is 15.9. The zero-order chi connectivity index (χ0) is 26.1. The van der Waals surface area contributed by atoms with Crippen molar-refractivity contribution in [2.75, 3.05) is 7.11 Å². The fourth-order valence-electron chi connectivity index (χ4n) is 4.66. The van der Waals surface area contributed by atoms with Crippen molar-refractivity contribution in [1.82, 2.24) is 5.32 Å². The standard InChI is InChI=1S/C26H28FNO2S2.C3H8/c1-14-11-17-18(26(4,5)10-9-25(17,2)3)13-16(14)21-19(30-6)8-7-15(22(21)27)12-20-23(29)28-24(31)32-20;1-3-2/h7-8,11-13H,9-10H2,1-6H3,(H,28,29,31);3H2,1-2H3/b20-12-;. The highest BCUT2D eigenvalue weighted by Gasteiger charge is 2.38. The lowest BCUT2D eigenvalue weighted by Crippen LogP contribution is -2.34. The molecule has 1 aliphatic heterocycles. The number of rotatable bonds is 3. The lowest BCUT2D eigenvalue weighted by atomic mass is 9.62. The normalized spacial score (nSPS) is 19.1. The van der Waals surface area contributed by atoms with E-state index in [-0.39, 0.29) is 16.7 Å². The van der Waals surface area contributed by atoms with Crippen LogP contribution in [-0.4, -0.2) is 17.3 Å². The molecule has 2 aliphatic rings. The van der Waals surface area contributed by atoms with Crippen LogP contribution in [0.1, 0.15) is 83.1 Å². The molecule has 1 N–H and O–H groups in total. The number of methoxy groups -OCH3 is 1. The summed E-state index contributed by atoms with van der Waals surface area (Å²) in [6.07, 6.45) is 5.00. The number of hydrogen-bond donors (Lipinski definition) is 1. The second kappa shape index (κ2) is 10.4. The molecule has 188 valence electrons. The number of halogens is 1. The number of fused-ring (bicyclic) bond motifs is 1. The molecule has 6 heteroatoms. The number of thioether (sulfide) groups is 1. The maximum absolute atomic E-state index is 15.9. The van der Waals surface area contributed by atoms with E-state index in [1.54, 1.807) is 25.3 Å². The van der Waals surface area contributed by atoms with Crippen LogP contribution in [0.2, 0.25) is 0 Å². The van der Waals surface area contributed by atoms with Gasteiger partial charge < -0.3 is 10.1 Å². The van der Waals surface area contributed by atoms with Gasteiger partial charge in [0.25, 0.3) is 5.91 Å². The van der Waals surface area contributed by atoms with Gasteiger partial charge in [0.1, 0.15) is 15.9 Å². The number of aryl methyl sites for hydroxylation is 1. The van der Waals surface area contributed by atoms with Gasteiger partial charge in [0.15, 0.2) is 0 Å². The van der Waals surface area contributed by atoms with Crippen LogP contribution in [0.4, 0.5) is 4.39 Å². The highest BCUT2D eigenvalue weighted by molar-refractivity contribution is 8.26. The number of ether oxygens (including phenoxy) is 1. The molecule has 1 aliphatic carbocycles. The van der Waals surface area contributed by atoms with Gasteiger partial charge >= 0.3 is 0 Å². The Morgan fingerprint density at radius 2 is 1.69 bits per heavy atom. The van der Waals surface area contributed by atoms with Crippen LogP contribution in [-0.2, 0) is 15.6 Å². The molecule has 0 aromatic heterocycles. The molecule has 3 nitrogen and oxygen atoms in total. The van der Waals surface area contributed by atoms with E-state index in [1.165, 1.54) is 17.5 Å². The summed E-state index contributed by atoms with van der Waals surface area (Å²) in [7, 11) is 1.55. The van der Waals surface area contributed by atoms with Crippen molar-refractivity contribution < 1.29 is 13.9 Å². The lowest BCUT2D eigenvalue weighted by molar-refractivity contribution is -0.115. The topological polar surface area (TPSA) is 38.3 Å². The minimum atomic E-state index is -0.404. The second-order valence-electron chi connectivity index (χ2n) is 10.6. The van der Waals surface area contributed by atoms with Crippen LogP contribution in [0.25, 0.3) is 17.2 Å². The van der Waals surface area contributed by atoms with Crippen molar-refractivity contribution in [3.8, 4) is 16.9 Å². The molecule has 0 spiro atoms. The third-order valence-electron chi connectivity index (χ3n) is 6.75. The summed E-state index contributed by atoms with van der Waals surface area (Å²) in [4.78, 5) is 12.5. The highest BCUT2D eigenvalue weighted by Crippen LogP contribution is 2.49. The van der Waals surface area contributed by atoms with Crippen molar-refractivity contribution in [2.45, 2.75) is 78.6 Å². The van der Waals surface area contributed by atoms with E-state index in [1.807, 2.05) is 6.92 Å². The van der Waals surface area contributed by atoms with E-state index in [9.17, 15) is 4.79 Å². The van der Waals surface area contributed by atoms with Gasteiger partial charge in [-0.3, -0.25) is 4.79 Å². The van der Waals surface area contributed by atoms with Gasteiger partial charge in [-0.2, -0.15) is 0 Å². The monoisotopic (exact) mass is 513 g/mol. The molecule has 4 rings (SSSR count). The van der Waals surface area contributed by atoms with Crippen LogP contribution in [0.15, 0.2) is 29.2 Å². The summed E-state index contributed by atoms with van der Waals surface area (Å²) < 4.78 is 21.9. The van der Waals surface area contributed by atoms with Crippen LogP contribution in [0.5, 0.6) is 5.75 Å².